The fourth-order valence-electron chi connectivity index (χ4n) is 1.56. The van der Waals surface area contributed by atoms with Crippen molar-refractivity contribution in [2.75, 3.05) is 19.0 Å². The summed E-state index contributed by atoms with van der Waals surface area (Å²) in [6.45, 7) is 0. The first-order valence-electron chi connectivity index (χ1n) is 5.73. The molecule has 0 saturated heterocycles. The molecular formula is C15H15ClN2. The van der Waals surface area contributed by atoms with Gasteiger partial charge in [0.05, 0.1) is 10.7 Å². The Morgan fingerprint density at radius 1 is 1.00 bits per heavy atom. The van der Waals surface area contributed by atoms with E-state index in [1.54, 1.807) is 0 Å². The van der Waals surface area contributed by atoms with Crippen LogP contribution in [-0.4, -0.2) is 20.3 Å². The molecule has 0 saturated carbocycles. The molecule has 2 rings (SSSR count). The minimum Gasteiger partial charge on any atom is -0.378 e. The van der Waals surface area contributed by atoms with Crippen molar-refractivity contribution < 1.29 is 0 Å². The van der Waals surface area contributed by atoms with E-state index >= 15 is 0 Å². The SMILES string of the molecule is CN(C)c1ccc(/C=N/c2ccccc2Cl)cc1. The van der Waals surface area contributed by atoms with Crippen molar-refractivity contribution in [1.82, 2.24) is 0 Å². The summed E-state index contributed by atoms with van der Waals surface area (Å²) in [5, 5.41) is 0.665. The summed E-state index contributed by atoms with van der Waals surface area (Å²) in [5.41, 5.74) is 3.02. The largest absolute Gasteiger partial charge is 0.378 e. The third kappa shape index (κ3) is 3.11. The highest BCUT2D eigenvalue weighted by molar-refractivity contribution is 6.33. The zero-order valence-corrected chi connectivity index (χ0v) is 11.2. The number of nitrogens with zero attached hydrogens (tertiary/aromatic N) is 2. The Hall–Kier alpha value is -1.80. The summed E-state index contributed by atoms with van der Waals surface area (Å²) < 4.78 is 0. The summed E-state index contributed by atoms with van der Waals surface area (Å²) in [6.07, 6.45) is 1.82. The lowest BCUT2D eigenvalue weighted by Crippen LogP contribution is -2.08. The molecule has 0 heterocycles. The van der Waals surface area contributed by atoms with Crippen LogP contribution in [0, 0.1) is 0 Å². The number of anilines is 1. The Morgan fingerprint density at radius 3 is 2.28 bits per heavy atom. The van der Waals surface area contributed by atoms with Gasteiger partial charge in [-0.05, 0) is 29.8 Å². The van der Waals surface area contributed by atoms with Crippen LogP contribution >= 0.6 is 11.6 Å². The highest BCUT2D eigenvalue weighted by Gasteiger charge is 1.96. The first-order valence-corrected chi connectivity index (χ1v) is 6.10. The van der Waals surface area contributed by atoms with E-state index < -0.39 is 0 Å². The second-order valence-corrected chi connectivity index (χ2v) is 4.60. The predicted molar refractivity (Wildman–Crippen MR) is 79.5 cm³/mol. The zero-order valence-electron chi connectivity index (χ0n) is 10.5. The van der Waals surface area contributed by atoms with E-state index in [4.69, 9.17) is 11.6 Å². The summed E-state index contributed by atoms with van der Waals surface area (Å²) in [4.78, 5) is 6.44. The Labute approximate surface area is 113 Å². The molecule has 3 heteroatoms. The van der Waals surface area contributed by atoms with Crippen LogP contribution in [0.25, 0.3) is 0 Å². The molecule has 0 N–H and O–H groups in total. The van der Waals surface area contributed by atoms with Crippen LogP contribution in [-0.2, 0) is 0 Å². The van der Waals surface area contributed by atoms with Crippen LogP contribution in [0.2, 0.25) is 5.02 Å². The molecule has 0 aliphatic rings. The number of benzene rings is 2. The molecule has 0 radical (unpaired) electrons. The van der Waals surface area contributed by atoms with Gasteiger partial charge in [0, 0.05) is 26.0 Å². The maximum atomic E-state index is 6.04. The fourth-order valence-corrected chi connectivity index (χ4v) is 1.74. The lowest BCUT2D eigenvalue weighted by atomic mass is 10.2. The topological polar surface area (TPSA) is 15.6 Å². The van der Waals surface area contributed by atoms with E-state index in [-0.39, 0.29) is 0 Å². The van der Waals surface area contributed by atoms with Gasteiger partial charge in [0.1, 0.15) is 0 Å². The summed E-state index contributed by atoms with van der Waals surface area (Å²) in [5.74, 6) is 0. The maximum absolute atomic E-state index is 6.04. The van der Waals surface area contributed by atoms with Crippen LogP contribution in [0.15, 0.2) is 53.5 Å². The Kier molecular flexibility index (Phi) is 4.00. The Balaban J connectivity index is 2.17. The first kappa shape index (κ1) is 12.7. The third-order valence-electron chi connectivity index (χ3n) is 2.61. The molecule has 2 aromatic carbocycles. The molecule has 0 aliphatic carbocycles. The molecule has 0 amide bonds. The van der Waals surface area contributed by atoms with Crippen LogP contribution in [0.1, 0.15) is 5.56 Å². The average Bonchev–Trinajstić information content (AvgIpc) is 2.38. The van der Waals surface area contributed by atoms with Gasteiger partial charge in [-0.1, -0.05) is 35.9 Å². The number of aliphatic imine (C=N–C) groups is 1. The Bertz CT molecular complexity index is 545. The van der Waals surface area contributed by atoms with Crippen LogP contribution in [0.4, 0.5) is 11.4 Å². The summed E-state index contributed by atoms with van der Waals surface area (Å²) in [7, 11) is 4.04. The number of halogens is 1. The van der Waals surface area contributed by atoms with Crippen molar-refractivity contribution in [3.63, 3.8) is 0 Å². The molecule has 18 heavy (non-hydrogen) atoms. The highest BCUT2D eigenvalue weighted by atomic mass is 35.5. The second-order valence-electron chi connectivity index (χ2n) is 4.20. The maximum Gasteiger partial charge on any atom is 0.0816 e. The van der Waals surface area contributed by atoms with Crippen LogP contribution in [0.3, 0.4) is 0 Å². The molecule has 0 spiro atoms. The molecule has 92 valence electrons. The van der Waals surface area contributed by atoms with Crippen molar-refractivity contribution >= 4 is 29.2 Å². The molecule has 0 aliphatic heterocycles. The van der Waals surface area contributed by atoms with E-state index in [0.717, 1.165) is 11.3 Å². The highest BCUT2D eigenvalue weighted by Crippen LogP contribution is 2.23. The van der Waals surface area contributed by atoms with Crippen molar-refractivity contribution in [3.8, 4) is 0 Å². The van der Waals surface area contributed by atoms with E-state index in [9.17, 15) is 0 Å². The van der Waals surface area contributed by atoms with E-state index in [1.165, 1.54) is 5.69 Å². The van der Waals surface area contributed by atoms with Crippen molar-refractivity contribution in [2.24, 2.45) is 4.99 Å². The van der Waals surface area contributed by atoms with Gasteiger partial charge in [-0.2, -0.15) is 0 Å². The number of para-hydroxylation sites is 1. The predicted octanol–water partition coefficient (Wildman–Crippen LogP) is 4.16. The lowest BCUT2D eigenvalue weighted by Gasteiger charge is -2.11. The molecule has 0 atom stereocenters. The number of hydrogen-bond donors (Lipinski definition) is 0. The summed E-state index contributed by atoms with van der Waals surface area (Å²) >= 11 is 6.04. The van der Waals surface area contributed by atoms with Crippen molar-refractivity contribution in [1.29, 1.82) is 0 Å². The van der Waals surface area contributed by atoms with Gasteiger partial charge in [-0.3, -0.25) is 4.99 Å². The van der Waals surface area contributed by atoms with Gasteiger partial charge in [0.15, 0.2) is 0 Å². The quantitative estimate of drug-likeness (QED) is 0.755. The van der Waals surface area contributed by atoms with E-state index in [1.807, 2.05) is 56.7 Å². The van der Waals surface area contributed by atoms with Crippen molar-refractivity contribution in [2.45, 2.75) is 0 Å². The average molecular weight is 259 g/mol. The lowest BCUT2D eigenvalue weighted by molar-refractivity contribution is 1.13. The van der Waals surface area contributed by atoms with Gasteiger partial charge >= 0.3 is 0 Å². The second kappa shape index (κ2) is 5.69. The molecule has 0 unspecified atom stereocenters. The minimum atomic E-state index is 0.665. The molecule has 2 aromatic rings. The van der Waals surface area contributed by atoms with Crippen LogP contribution < -0.4 is 4.90 Å². The van der Waals surface area contributed by atoms with Gasteiger partial charge < -0.3 is 4.90 Å². The zero-order chi connectivity index (χ0) is 13.0. The van der Waals surface area contributed by atoms with Gasteiger partial charge in [-0.15, -0.1) is 0 Å². The first-order chi connectivity index (χ1) is 8.66. The molecule has 0 bridgehead atoms. The summed E-state index contributed by atoms with van der Waals surface area (Å²) in [6, 6.07) is 15.8. The van der Waals surface area contributed by atoms with E-state index in [0.29, 0.717) is 5.02 Å². The van der Waals surface area contributed by atoms with Gasteiger partial charge in [0.2, 0.25) is 0 Å². The molecule has 2 nitrogen and oxygen atoms in total. The molecular weight excluding hydrogens is 244 g/mol. The standard InChI is InChI=1S/C15H15ClN2/c1-18(2)13-9-7-12(8-10-13)11-17-15-6-4-3-5-14(15)16/h3-11H,1-2H3/b17-11+. The monoisotopic (exact) mass is 258 g/mol. The Morgan fingerprint density at radius 2 is 1.67 bits per heavy atom. The van der Waals surface area contributed by atoms with Crippen molar-refractivity contribution in [3.05, 3.63) is 59.1 Å². The van der Waals surface area contributed by atoms with Gasteiger partial charge in [0.25, 0.3) is 0 Å². The fraction of sp³-hybridized carbons (Fsp3) is 0.133. The number of hydrogen-bond acceptors (Lipinski definition) is 2. The van der Waals surface area contributed by atoms with Gasteiger partial charge in [-0.25, -0.2) is 0 Å². The van der Waals surface area contributed by atoms with Crippen LogP contribution in [0.5, 0.6) is 0 Å². The molecule has 0 aromatic heterocycles. The molecule has 0 fully saturated rings. The van der Waals surface area contributed by atoms with E-state index in [2.05, 4.69) is 22.0 Å². The third-order valence-corrected chi connectivity index (χ3v) is 2.93. The minimum absolute atomic E-state index is 0.665. The number of rotatable bonds is 3. The normalized spacial score (nSPS) is 10.8. The smallest absolute Gasteiger partial charge is 0.0816 e.